The van der Waals surface area contributed by atoms with Crippen molar-refractivity contribution in [3.8, 4) is 0 Å². The summed E-state index contributed by atoms with van der Waals surface area (Å²) < 4.78 is 39.1. The van der Waals surface area contributed by atoms with Gasteiger partial charge in [-0.3, -0.25) is 4.79 Å². The molecule has 1 aromatic carbocycles. The molecule has 9 heteroatoms. The van der Waals surface area contributed by atoms with Crippen molar-refractivity contribution in [1.82, 2.24) is 19.8 Å². The number of anilines is 2. The molecule has 1 N–H and O–H groups in total. The van der Waals surface area contributed by atoms with E-state index in [1.807, 2.05) is 0 Å². The Morgan fingerprint density at radius 2 is 1.96 bits per heavy atom. The molecule has 0 saturated carbocycles. The average molecular weight is 321 g/mol. The van der Waals surface area contributed by atoms with Crippen LogP contribution in [0, 0.1) is 0 Å². The molecule has 0 spiro atoms. The van der Waals surface area contributed by atoms with Crippen molar-refractivity contribution in [3.05, 3.63) is 47.8 Å². The van der Waals surface area contributed by atoms with Gasteiger partial charge in [0.25, 0.3) is 5.82 Å². The van der Waals surface area contributed by atoms with E-state index in [2.05, 4.69) is 20.6 Å². The molecule has 6 nitrogen and oxygen atoms in total. The van der Waals surface area contributed by atoms with E-state index in [0.29, 0.717) is 15.8 Å². The predicted octanol–water partition coefficient (Wildman–Crippen LogP) is 3.09. The van der Waals surface area contributed by atoms with Crippen LogP contribution in [0.1, 0.15) is 23.1 Å². The van der Waals surface area contributed by atoms with Gasteiger partial charge >= 0.3 is 6.18 Å². The first kappa shape index (κ1) is 14.9. The maximum atomic E-state index is 12.8. The van der Waals surface area contributed by atoms with Crippen molar-refractivity contribution in [3.63, 3.8) is 0 Å². The topological polar surface area (TPSA) is 72.2 Å². The minimum absolute atomic E-state index is 0.0136. The van der Waals surface area contributed by atoms with Crippen molar-refractivity contribution >= 4 is 22.9 Å². The van der Waals surface area contributed by atoms with Gasteiger partial charge in [0, 0.05) is 11.3 Å². The van der Waals surface area contributed by atoms with Gasteiger partial charge in [-0.25, -0.2) is 0 Å². The Morgan fingerprint density at radius 3 is 2.65 bits per heavy atom. The third-order valence-corrected chi connectivity index (χ3v) is 3.06. The molecule has 3 rings (SSSR count). The van der Waals surface area contributed by atoms with E-state index in [4.69, 9.17) is 0 Å². The molecule has 0 aliphatic carbocycles. The fourth-order valence-electron chi connectivity index (χ4n) is 2.00. The zero-order valence-corrected chi connectivity index (χ0v) is 11.8. The summed E-state index contributed by atoms with van der Waals surface area (Å²) in [5.41, 5.74) is 1.00. The number of nitrogens with zero attached hydrogens (tertiary/aromatic N) is 4. The Bertz CT molecular complexity index is 887. The third kappa shape index (κ3) is 2.98. The van der Waals surface area contributed by atoms with Gasteiger partial charge in [0.2, 0.25) is 0 Å². The SMILES string of the molecule is CC(=O)c1cccc(Nc2ccc3nnc(C(F)(F)F)n3n2)c1. The van der Waals surface area contributed by atoms with Gasteiger partial charge in [-0.15, -0.1) is 15.3 Å². The number of hydrogen-bond donors (Lipinski definition) is 1. The highest BCUT2D eigenvalue weighted by molar-refractivity contribution is 5.95. The molecule has 0 aliphatic rings. The van der Waals surface area contributed by atoms with Gasteiger partial charge < -0.3 is 5.32 Å². The number of Topliss-reactive ketones (excluding diaryl/α,β-unsaturated/α-hetero) is 1. The van der Waals surface area contributed by atoms with Gasteiger partial charge in [-0.1, -0.05) is 12.1 Å². The van der Waals surface area contributed by atoms with Crippen molar-refractivity contribution in [2.75, 3.05) is 5.32 Å². The molecule has 0 saturated heterocycles. The van der Waals surface area contributed by atoms with Crippen LogP contribution < -0.4 is 5.32 Å². The van der Waals surface area contributed by atoms with Gasteiger partial charge in [0.1, 0.15) is 0 Å². The van der Waals surface area contributed by atoms with E-state index in [9.17, 15) is 18.0 Å². The lowest BCUT2D eigenvalue weighted by atomic mass is 10.1. The number of aromatic nitrogens is 4. The Hall–Kier alpha value is -2.97. The van der Waals surface area contributed by atoms with Crippen LogP contribution in [0.2, 0.25) is 0 Å². The first-order chi connectivity index (χ1) is 10.8. The van der Waals surface area contributed by atoms with Gasteiger partial charge in [-0.05, 0) is 31.2 Å². The lowest BCUT2D eigenvalue weighted by Crippen LogP contribution is -2.13. The van der Waals surface area contributed by atoms with Crippen LogP contribution in [0.4, 0.5) is 24.7 Å². The van der Waals surface area contributed by atoms with Crippen molar-refractivity contribution in [1.29, 1.82) is 0 Å². The smallest absolute Gasteiger partial charge is 0.339 e. The highest BCUT2D eigenvalue weighted by atomic mass is 19.4. The van der Waals surface area contributed by atoms with Crippen LogP contribution in [0.5, 0.6) is 0 Å². The molecule has 0 amide bonds. The molecule has 0 bridgehead atoms. The number of carbonyl (C=O) groups excluding carboxylic acids is 1. The Labute approximate surface area is 128 Å². The minimum atomic E-state index is -4.65. The molecule has 118 valence electrons. The summed E-state index contributed by atoms with van der Waals surface area (Å²) in [6.07, 6.45) is -4.65. The minimum Gasteiger partial charge on any atom is -0.339 e. The maximum Gasteiger partial charge on any atom is 0.453 e. The van der Waals surface area contributed by atoms with Crippen LogP contribution in [-0.4, -0.2) is 25.6 Å². The molecule has 0 atom stereocenters. The van der Waals surface area contributed by atoms with E-state index in [-0.39, 0.29) is 17.2 Å². The Balaban J connectivity index is 1.98. The van der Waals surface area contributed by atoms with E-state index >= 15 is 0 Å². The largest absolute Gasteiger partial charge is 0.453 e. The van der Waals surface area contributed by atoms with E-state index in [0.717, 1.165) is 0 Å². The number of halogens is 3. The van der Waals surface area contributed by atoms with Crippen LogP contribution >= 0.6 is 0 Å². The second-order valence-corrected chi connectivity index (χ2v) is 4.77. The zero-order chi connectivity index (χ0) is 16.6. The summed E-state index contributed by atoms with van der Waals surface area (Å²) in [4.78, 5) is 11.4. The number of carbonyl (C=O) groups is 1. The lowest BCUT2D eigenvalue weighted by Gasteiger charge is -2.08. The highest BCUT2D eigenvalue weighted by Crippen LogP contribution is 2.27. The predicted molar refractivity (Wildman–Crippen MR) is 75.5 cm³/mol. The second kappa shape index (κ2) is 5.34. The van der Waals surface area contributed by atoms with Crippen LogP contribution in [-0.2, 0) is 6.18 Å². The van der Waals surface area contributed by atoms with E-state index in [1.165, 1.54) is 19.1 Å². The number of fused-ring (bicyclic) bond motifs is 1. The molecule has 2 heterocycles. The second-order valence-electron chi connectivity index (χ2n) is 4.77. The highest BCUT2D eigenvalue weighted by Gasteiger charge is 2.37. The fraction of sp³-hybridized carbons (Fsp3) is 0.143. The molecule has 0 aliphatic heterocycles. The number of benzene rings is 1. The molecule has 0 unspecified atom stereocenters. The number of nitrogens with one attached hydrogen (secondary N) is 1. The Morgan fingerprint density at radius 1 is 1.17 bits per heavy atom. The molecular weight excluding hydrogens is 311 g/mol. The van der Waals surface area contributed by atoms with Crippen LogP contribution in [0.25, 0.3) is 5.65 Å². The number of rotatable bonds is 3. The summed E-state index contributed by atoms with van der Waals surface area (Å²) in [5, 5.41) is 13.2. The molecule has 0 radical (unpaired) electrons. The van der Waals surface area contributed by atoms with Crippen molar-refractivity contribution in [2.24, 2.45) is 0 Å². The first-order valence-electron chi connectivity index (χ1n) is 6.52. The lowest BCUT2D eigenvalue weighted by molar-refractivity contribution is -0.146. The molecule has 0 fully saturated rings. The summed E-state index contributed by atoms with van der Waals surface area (Å²) in [6.45, 7) is 1.43. The normalized spacial score (nSPS) is 11.7. The Kier molecular flexibility index (Phi) is 3.47. The van der Waals surface area contributed by atoms with E-state index < -0.39 is 12.0 Å². The summed E-state index contributed by atoms with van der Waals surface area (Å²) in [7, 11) is 0. The van der Waals surface area contributed by atoms with E-state index in [1.54, 1.807) is 24.3 Å². The quantitative estimate of drug-likeness (QED) is 0.751. The number of ketones is 1. The van der Waals surface area contributed by atoms with Gasteiger partial charge in [0.05, 0.1) is 0 Å². The number of alkyl halides is 3. The molecule has 3 aromatic rings. The third-order valence-electron chi connectivity index (χ3n) is 3.06. The zero-order valence-electron chi connectivity index (χ0n) is 11.8. The first-order valence-corrected chi connectivity index (χ1v) is 6.52. The number of hydrogen-bond acceptors (Lipinski definition) is 5. The monoisotopic (exact) mass is 321 g/mol. The van der Waals surface area contributed by atoms with Crippen molar-refractivity contribution in [2.45, 2.75) is 13.1 Å². The fourth-order valence-corrected chi connectivity index (χ4v) is 2.00. The maximum absolute atomic E-state index is 12.8. The summed E-state index contributed by atoms with van der Waals surface area (Å²) in [5.74, 6) is -1.15. The summed E-state index contributed by atoms with van der Waals surface area (Å²) >= 11 is 0. The average Bonchev–Trinajstić information content (AvgIpc) is 2.90. The van der Waals surface area contributed by atoms with Crippen LogP contribution in [0.15, 0.2) is 36.4 Å². The molecular formula is C14H10F3N5O. The molecule has 2 aromatic heterocycles. The van der Waals surface area contributed by atoms with Crippen molar-refractivity contribution < 1.29 is 18.0 Å². The standard InChI is InChI=1S/C14H10F3N5O/c1-8(23)9-3-2-4-10(7-9)18-11-5-6-12-19-20-13(14(15,16)17)22(12)21-11/h2-7H,1H3,(H,18,21). The van der Waals surface area contributed by atoms with Gasteiger partial charge in [0.15, 0.2) is 17.2 Å². The molecule has 23 heavy (non-hydrogen) atoms. The van der Waals surface area contributed by atoms with Crippen LogP contribution in [0.3, 0.4) is 0 Å². The summed E-state index contributed by atoms with van der Waals surface area (Å²) in [6, 6.07) is 9.42. The van der Waals surface area contributed by atoms with Gasteiger partial charge in [-0.2, -0.15) is 17.7 Å².